The maximum absolute atomic E-state index is 12.5. The lowest BCUT2D eigenvalue weighted by atomic mass is 10.2. The van der Waals surface area contributed by atoms with Gasteiger partial charge in [0.15, 0.2) is 0 Å². The molecule has 0 bridgehead atoms. The molecule has 0 radical (unpaired) electrons. The largest absolute Gasteiger partial charge is 0.282 e. The first kappa shape index (κ1) is 14.4. The predicted molar refractivity (Wildman–Crippen MR) is 73.0 cm³/mol. The van der Waals surface area contributed by atoms with Crippen molar-refractivity contribution in [1.29, 1.82) is 0 Å². The van der Waals surface area contributed by atoms with Crippen molar-refractivity contribution in [2.75, 3.05) is 31.9 Å². The van der Waals surface area contributed by atoms with Gasteiger partial charge in [-0.3, -0.25) is 4.21 Å². The van der Waals surface area contributed by atoms with Crippen molar-refractivity contribution in [3.8, 4) is 0 Å². The van der Waals surface area contributed by atoms with Gasteiger partial charge in [0.1, 0.15) is 0 Å². The van der Waals surface area contributed by atoms with Crippen LogP contribution < -0.4 is 0 Å². The van der Waals surface area contributed by atoms with Crippen LogP contribution in [0.1, 0.15) is 33.1 Å². The second kappa shape index (κ2) is 5.19. The second-order valence-corrected chi connectivity index (χ2v) is 9.74. The second-order valence-electron chi connectivity index (χ2n) is 5.61. The molecule has 0 aromatic carbocycles. The number of piperidine rings is 1. The summed E-state index contributed by atoms with van der Waals surface area (Å²) in [7, 11) is -4.28. The van der Waals surface area contributed by atoms with Crippen molar-refractivity contribution in [3.63, 3.8) is 0 Å². The molecule has 18 heavy (non-hydrogen) atoms. The number of hydrogen-bond acceptors (Lipinski definition) is 3. The van der Waals surface area contributed by atoms with Gasteiger partial charge in [-0.05, 0) is 26.7 Å². The Bertz CT molecular complexity index is 428. The predicted octanol–water partition coefficient (Wildman–Crippen LogP) is 0.560. The van der Waals surface area contributed by atoms with Crippen LogP contribution in [0.5, 0.6) is 0 Å². The standard InChI is InChI=1S/C11H22N2O3S2/c1-11(2)10-13(8-9-17(11)14)18(15,16)12-6-4-3-5-7-12/h3-10H2,1-2H3/t17-/m1/s1. The Morgan fingerprint density at radius 1 is 1.00 bits per heavy atom. The lowest BCUT2D eigenvalue weighted by Gasteiger charge is -2.39. The average molecular weight is 294 g/mol. The Hall–Kier alpha value is 0.0200. The van der Waals surface area contributed by atoms with Crippen LogP contribution in [0.2, 0.25) is 0 Å². The van der Waals surface area contributed by atoms with Crippen molar-refractivity contribution < 1.29 is 12.6 Å². The third-order valence-electron chi connectivity index (χ3n) is 3.67. The summed E-state index contributed by atoms with van der Waals surface area (Å²) in [6.45, 7) is 5.75. The van der Waals surface area contributed by atoms with Crippen LogP contribution in [-0.2, 0) is 21.0 Å². The first-order valence-electron chi connectivity index (χ1n) is 6.48. The lowest BCUT2D eigenvalue weighted by molar-refractivity contribution is 0.294. The molecule has 2 rings (SSSR count). The first-order valence-corrected chi connectivity index (χ1v) is 9.19. The summed E-state index contributed by atoms with van der Waals surface area (Å²) in [5.74, 6) is 0.445. The summed E-state index contributed by atoms with van der Waals surface area (Å²) in [5.41, 5.74) is 0. The minimum absolute atomic E-state index is 0.360. The van der Waals surface area contributed by atoms with E-state index in [2.05, 4.69) is 0 Å². The van der Waals surface area contributed by atoms with Crippen molar-refractivity contribution in [2.45, 2.75) is 37.9 Å². The zero-order chi connectivity index (χ0) is 13.4. The quantitative estimate of drug-likeness (QED) is 0.748. The third-order valence-corrected chi connectivity index (χ3v) is 7.56. The van der Waals surface area contributed by atoms with Crippen molar-refractivity contribution in [1.82, 2.24) is 8.61 Å². The Balaban J connectivity index is 2.13. The highest BCUT2D eigenvalue weighted by atomic mass is 32.2. The highest BCUT2D eigenvalue weighted by molar-refractivity contribution is 7.88. The van der Waals surface area contributed by atoms with Crippen molar-refractivity contribution in [2.24, 2.45) is 0 Å². The van der Waals surface area contributed by atoms with E-state index in [4.69, 9.17) is 0 Å². The SMILES string of the molecule is CC1(C)CN(S(=O)(=O)N2CCCCC2)CC[S@]1=O. The van der Waals surface area contributed by atoms with Crippen LogP contribution in [0.15, 0.2) is 0 Å². The highest BCUT2D eigenvalue weighted by Crippen LogP contribution is 2.25. The number of nitrogens with zero attached hydrogens (tertiary/aromatic N) is 2. The first-order chi connectivity index (χ1) is 8.34. The van der Waals surface area contributed by atoms with Gasteiger partial charge in [0.25, 0.3) is 10.2 Å². The summed E-state index contributed by atoms with van der Waals surface area (Å²) in [4.78, 5) is 0. The molecular formula is C11H22N2O3S2. The molecule has 1 atom stereocenters. The molecular weight excluding hydrogens is 272 g/mol. The molecule has 0 N–H and O–H groups in total. The summed E-state index contributed by atoms with van der Waals surface area (Å²) >= 11 is 0. The zero-order valence-electron chi connectivity index (χ0n) is 11.1. The van der Waals surface area contributed by atoms with Crippen LogP contribution in [0.4, 0.5) is 0 Å². The van der Waals surface area contributed by atoms with E-state index in [1.165, 1.54) is 4.31 Å². The molecule has 106 valence electrons. The maximum atomic E-state index is 12.5. The topological polar surface area (TPSA) is 57.7 Å². The molecule has 0 unspecified atom stereocenters. The minimum Gasteiger partial charge on any atom is -0.259 e. The summed E-state index contributed by atoms with van der Waals surface area (Å²) in [6.07, 6.45) is 3.01. The molecule has 0 aliphatic carbocycles. The van der Waals surface area contributed by atoms with E-state index in [1.807, 2.05) is 13.8 Å². The van der Waals surface area contributed by atoms with Crippen molar-refractivity contribution in [3.05, 3.63) is 0 Å². The van der Waals surface area contributed by atoms with Gasteiger partial charge in [-0.15, -0.1) is 0 Å². The molecule has 0 aromatic rings. The molecule has 0 aromatic heterocycles. The van der Waals surface area contributed by atoms with Gasteiger partial charge < -0.3 is 0 Å². The summed E-state index contributed by atoms with van der Waals surface area (Å²) < 4.78 is 39.5. The van der Waals surface area contributed by atoms with E-state index < -0.39 is 25.8 Å². The smallest absolute Gasteiger partial charge is 0.259 e. The van der Waals surface area contributed by atoms with E-state index in [0.29, 0.717) is 31.9 Å². The normalized spacial score (nSPS) is 31.3. The van der Waals surface area contributed by atoms with Gasteiger partial charge in [-0.25, -0.2) is 0 Å². The molecule has 0 spiro atoms. The highest BCUT2D eigenvalue weighted by Gasteiger charge is 2.40. The van der Waals surface area contributed by atoms with E-state index in [1.54, 1.807) is 4.31 Å². The number of rotatable bonds is 2. The molecule has 2 aliphatic heterocycles. The van der Waals surface area contributed by atoms with Crippen molar-refractivity contribution >= 4 is 21.0 Å². The number of hydrogen-bond donors (Lipinski definition) is 0. The zero-order valence-corrected chi connectivity index (χ0v) is 12.7. The molecule has 0 saturated carbocycles. The molecule has 2 saturated heterocycles. The monoisotopic (exact) mass is 294 g/mol. The van der Waals surface area contributed by atoms with E-state index in [-0.39, 0.29) is 0 Å². The van der Waals surface area contributed by atoms with E-state index in [0.717, 1.165) is 19.3 Å². The molecule has 0 amide bonds. The van der Waals surface area contributed by atoms with Crippen LogP contribution in [-0.4, -0.2) is 57.9 Å². The Morgan fingerprint density at radius 3 is 2.17 bits per heavy atom. The molecule has 5 nitrogen and oxygen atoms in total. The van der Waals surface area contributed by atoms with Crippen LogP contribution in [0.3, 0.4) is 0 Å². The molecule has 2 fully saturated rings. The Labute approximate surface area is 112 Å². The van der Waals surface area contributed by atoms with Gasteiger partial charge in [-0.1, -0.05) is 6.42 Å². The lowest BCUT2D eigenvalue weighted by Crippen LogP contribution is -2.56. The van der Waals surface area contributed by atoms with Gasteiger partial charge >= 0.3 is 0 Å². The molecule has 2 aliphatic rings. The van der Waals surface area contributed by atoms with Crippen LogP contribution >= 0.6 is 0 Å². The van der Waals surface area contributed by atoms with Crippen LogP contribution in [0, 0.1) is 0 Å². The Morgan fingerprint density at radius 2 is 1.61 bits per heavy atom. The van der Waals surface area contributed by atoms with E-state index in [9.17, 15) is 12.6 Å². The maximum Gasteiger partial charge on any atom is 0.282 e. The summed E-state index contributed by atoms with van der Waals surface area (Å²) in [6, 6.07) is 0. The molecule has 2 heterocycles. The third kappa shape index (κ3) is 2.79. The van der Waals surface area contributed by atoms with Gasteiger partial charge in [0.05, 0.1) is 4.75 Å². The fraction of sp³-hybridized carbons (Fsp3) is 1.00. The Kier molecular flexibility index (Phi) is 4.16. The minimum atomic E-state index is -3.35. The summed E-state index contributed by atoms with van der Waals surface area (Å²) in [5, 5.41) is 0. The fourth-order valence-corrected chi connectivity index (χ4v) is 5.78. The van der Waals surface area contributed by atoms with Gasteiger partial charge in [0, 0.05) is 42.7 Å². The average Bonchev–Trinajstić information content (AvgIpc) is 2.33. The van der Waals surface area contributed by atoms with Crippen LogP contribution in [0.25, 0.3) is 0 Å². The van der Waals surface area contributed by atoms with E-state index >= 15 is 0 Å². The van der Waals surface area contributed by atoms with Gasteiger partial charge in [-0.2, -0.15) is 17.0 Å². The molecule has 7 heteroatoms. The van der Waals surface area contributed by atoms with Gasteiger partial charge in [0.2, 0.25) is 0 Å². The fourth-order valence-electron chi connectivity index (χ4n) is 2.49.